The molecule has 0 aromatic rings. The summed E-state index contributed by atoms with van der Waals surface area (Å²) >= 11 is 0. The number of nitrogens with zero attached hydrogens (tertiary/aromatic N) is 3. The minimum atomic E-state index is -0.835. The van der Waals surface area contributed by atoms with Crippen LogP contribution in [0, 0.1) is 17.2 Å². The maximum atomic E-state index is 12.0. The molecular formula is C14H24N4O2. The lowest BCUT2D eigenvalue weighted by atomic mass is 9.90. The van der Waals surface area contributed by atoms with Gasteiger partial charge in [0.15, 0.2) is 0 Å². The average Bonchev–Trinajstić information content (AvgIpc) is 2.38. The monoisotopic (exact) mass is 280 g/mol. The van der Waals surface area contributed by atoms with Gasteiger partial charge in [0.1, 0.15) is 5.54 Å². The maximum Gasteiger partial charge on any atom is 0.235 e. The van der Waals surface area contributed by atoms with E-state index in [1.54, 1.807) is 18.7 Å². The van der Waals surface area contributed by atoms with Crippen LogP contribution in [0.15, 0.2) is 0 Å². The van der Waals surface area contributed by atoms with Gasteiger partial charge in [-0.05, 0) is 12.8 Å². The molecule has 20 heavy (non-hydrogen) atoms. The largest absolute Gasteiger partial charge is 0.340 e. The lowest BCUT2D eigenvalue weighted by Crippen LogP contribution is -2.54. The van der Waals surface area contributed by atoms with Crippen LogP contribution in [0.25, 0.3) is 0 Å². The number of nitriles is 1. The number of amides is 2. The quantitative estimate of drug-likeness (QED) is 0.798. The molecule has 0 spiro atoms. The molecule has 1 fully saturated rings. The van der Waals surface area contributed by atoms with E-state index in [9.17, 15) is 14.9 Å². The summed E-state index contributed by atoms with van der Waals surface area (Å²) < 4.78 is 0. The lowest BCUT2D eigenvalue weighted by molar-refractivity contribution is -0.131. The molecule has 6 heteroatoms. The Hall–Kier alpha value is -1.61. The zero-order valence-electron chi connectivity index (χ0n) is 12.8. The summed E-state index contributed by atoms with van der Waals surface area (Å²) in [5.41, 5.74) is -0.835. The first-order valence-electron chi connectivity index (χ1n) is 6.98. The molecule has 0 aromatic carbocycles. The van der Waals surface area contributed by atoms with Crippen LogP contribution in [0.2, 0.25) is 0 Å². The zero-order chi connectivity index (χ0) is 15.3. The van der Waals surface area contributed by atoms with Crippen LogP contribution < -0.4 is 5.32 Å². The normalized spacial score (nSPS) is 19.3. The summed E-state index contributed by atoms with van der Waals surface area (Å²) in [5, 5.41) is 12.0. The molecule has 1 rings (SSSR count). The Kier molecular flexibility index (Phi) is 5.52. The maximum absolute atomic E-state index is 12.0. The summed E-state index contributed by atoms with van der Waals surface area (Å²) in [6.07, 6.45) is 0. The predicted molar refractivity (Wildman–Crippen MR) is 75.7 cm³/mol. The SMILES string of the molecule is CC(=O)N1CCN(CC(=O)N[C@@](C)(C#N)C(C)C)CC1. The van der Waals surface area contributed by atoms with E-state index in [0.29, 0.717) is 26.2 Å². The zero-order valence-corrected chi connectivity index (χ0v) is 12.8. The van der Waals surface area contributed by atoms with E-state index in [1.807, 2.05) is 18.7 Å². The number of hydrogen-bond acceptors (Lipinski definition) is 4. The molecule has 0 bridgehead atoms. The predicted octanol–water partition coefficient (Wildman–Crippen LogP) is 0.205. The highest BCUT2D eigenvalue weighted by Crippen LogP contribution is 2.15. The van der Waals surface area contributed by atoms with Gasteiger partial charge in [-0.2, -0.15) is 5.26 Å². The highest BCUT2D eigenvalue weighted by atomic mass is 16.2. The van der Waals surface area contributed by atoms with Gasteiger partial charge in [-0.3, -0.25) is 14.5 Å². The highest BCUT2D eigenvalue weighted by molar-refractivity contribution is 5.79. The number of carbonyl (C=O) groups is 2. The summed E-state index contributed by atoms with van der Waals surface area (Å²) in [5.74, 6) is -0.0176. The number of carbonyl (C=O) groups excluding carboxylic acids is 2. The first-order valence-corrected chi connectivity index (χ1v) is 6.98. The van der Waals surface area contributed by atoms with Crippen molar-refractivity contribution in [1.29, 1.82) is 5.26 Å². The number of nitrogens with one attached hydrogen (secondary N) is 1. The number of piperazine rings is 1. The molecule has 0 aromatic heterocycles. The van der Waals surface area contributed by atoms with E-state index >= 15 is 0 Å². The Morgan fingerprint density at radius 3 is 2.25 bits per heavy atom. The van der Waals surface area contributed by atoms with Gasteiger partial charge in [-0.25, -0.2) is 0 Å². The Balaban J connectivity index is 2.45. The minimum absolute atomic E-state index is 0.0472. The molecule has 0 radical (unpaired) electrons. The summed E-state index contributed by atoms with van der Waals surface area (Å²) in [4.78, 5) is 27.0. The van der Waals surface area contributed by atoms with Gasteiger partial charge in [0.2, 0.25) is 11.8 Å². The molecule has 1 N–H and O–H groups in total. The summed E-state index contributed by atoms with van der Waals surface area (Å²) in [6, 6.07) is 2.16. The van der Waals surface area contributed by atoms with E-state index in [2.05, 4.69) is 11.4 Å². The van der Waals surface area contributed by atoms with Crippen LogP contribution in [0.5, 0.6) is 0 Å². The van der Waals surface area contributed by atoms with Crippen molar-refractivity contribution < 1.29 is 9.59 Å². The van der Waals surface area contributed by atoms with Crippen LogP contribution >= 0.6 is 0 Å². The number of hydrogen-bond donors (Lipinski definition) is 1. The molecule has 1 aliphatic heterocycles. The van der Waals surface area contributed by atoms with Crippen molar-refractivity contribution in [3.8, 4) is 6.07 Å². The van der Waals surface area contributed by atoms with Crippen LogP contribution in [0.4, 0.5) is 0 Å². The van der Waals surface area contributed by atoms with Crippen LogP contribution in [0.3, 0.4) is 0 Å². The third-order valence-electron chi connectivity index (χ3n) is 3.97. The molecular weight excluding hydrogens is 256 g/mol. The Bertz CT molecular complexity index is 408. The van der Waals surface area contributed by atoms with Crippen molar-refractivity contribution in [2.45, 2.75) is 33.2 Å². The van der Waals surface area contributed by atoms with E-state index in [4.69, 9.17) is 0 Å². The van der Waals surface area contributed by atoms with Crippen molar-refractivity contribution in [2.24, 2.45) is 5.92 Å². The van der Waals surface area contributed by atoms with E-state index in [0.717, 1.165) is 0 Å². The molecule has 1 saturated heterocycles. The fraction of sp³-hybridized carbons (Fsp3) is 0.786. The first-order chi connectivity index (χ1) is 9.28. The van der Waals surface area contributed by atoms with Crippen molar-refractivity contribution in [2.75, 3.05) is 32.7 Å². The van der Waals surface area contributed by atoms with Crippen LogP contribution in [-0.2, 0) is 9.59 Å². The molecule has 0 aliphatic carbocycles. The molecule has 2 amide bonds. The third kappa shape index (κ3) is 4.20. The second kappa shape index (κ2) is 6.71. The molecule has 1 atom stereocenters. The van der Waals surface area contributed by atoms with Gasteiger partial charge >= 0.3 is 0 Å². The molecule has 1 heterocycles. The van der Waals surface area contributed by atoms with Crippen molar-refractivity contribution in [3.05, 3.63) is 0 Å². The van der Waals surface area contributed by atoms with E-state index in [-0.39, 0.29) is 24.3 Å². The molecule has 1 aliphatic rings. The Morgan fingerprint density at radius 1 is 1.30 bits per heavy atom. The molecule has 0 saturated carbocycles. The fourth-order valence-corrected chi connectivity index (χ4v) is 2.05. The highest BCUT2D eigenvalue weighted by Gasteiger charge is 2.30. The molecule has 0 unspecified atom stereocenters. The van der Waals surface area contributed by atoms with Crippen LogP contribution in [0.1, 0.15) is 27.7 Å². The van der Waals surface area contributed by atoms with E-state index in [1.165, 1.54) is 0 Å². The van der Waals surface area contributed by atoms with Crippen molar-refractivity contribution >= 4 is 11.8 Å². The first kappa shape index (κ1) is 16.4. The summed E-state index contributed by atoms with van der Waals surface area (Å²) in [6.45, 7) is 10.1. The lowest BCUT2D eigenvalue weighted by Gasteiger charge is -2.34. The van der Waals surface area contributed by atoms with Crippen molar-refractivity contribution in [1.82, 2.24) is 15.1 Å². The van der Waals surface area contributed by atoms with Crippen LogP contribution in [-0.4, -0.2) is 59.9 Å². The van der Waals surface area contributed by atoms with E-state index < -0.39 is 5.54 Å². The topological polar surface area (TPSA) is 76.4 Å². The van der Waals surface area contributed by atoms with Gasteiger partial charge in [0.05, 0.1) is 12.6 Å². The second-order valence-electron chi connectivity index (χ2n) is 5.80. The van der Waals surface area contributed by atoms with Gasteiger partial charge < -0.3 is 10.2 Å². The van der Waals surface area contributed by atoms with Gasteiger partial charge in [0.25, 0.3) is 0 Å². The number of rotatable bonds is 4. The average molecular weight is 280 g/mol. The molecule has 112 valence electrons. The Morgan fingerprint density at radius 2 is 1.85 bits per heavy atom. The Labute approximate surface area is 120 Å². The minimum Gasteiger partial charge on any atom is -0.340 e. The molecule has 6 nitrogen and oxygen atoms in total. The third-order valence-corrected chi connectivity index (χ3v) is 3.97. The second-order valence-corrected chi connectivity index (χ2v) is 5.80. The fourth-order valence-electron chi connectivity index (χ4n) is 2.05. The van der Waals surface area contributed by atoms with Crippen molar-refractivity contribution in [3.63, 3.8) is 0 Å². The van der Waals surface area contributed by atoms with Gasteiger partial charge in [-0.15, -0.1) is 0 Å². The smallest absolute Gasteiger partial charge is 0.235 e. The van der Waals surface area contributed by atoms with Gasteiger partial charge in [-0.1, -0.05) is 13.8 Å². The van der Waals surface area contributed by atoms with Gasteiger partial charge in [0, 0.05) is 33.1 Å². The summed E-state index contributed by atoms with van der Waals surface area (Å²) in [7, 11) is 0. The standard InChI is InChI=1S/C14H24N4O2/c1-11(2)14(4,10-15)16-13(20)9-17-5-7-18(8-6-17)12(3)19/h11H,5-9H2,1-4H3,(H,16,20)/t14-/m0/s1.